The summed E-state index contributed by atoms with van der Waals surface area (Å²) in [7, 11) is 0. The molecule has 2 atom stereocenters. The van der Waals surface area contributed by atoms with Crippen molar-refractivity contribution in [1.82, 2.24) is 15.2 Å². The fourth-order valence-electron chi connectivity index (χ4n) is 5.15. The van der Waals surface area contributed by atoms with Crippen molar-refractivity contribution in [2.75, 3.05) is 31.5 Å². The summed E-state index contributed by atoms with van der Waals surface area (Å²) in [5, 5.41) is 15.9. The van der Waals surface area contributed by atoms with Crippen LogP contribution in [0.4, 0.5) is 5.82 Å². The van der Waals surface area contributed by atoms with E-state index in [2.05, 4.69) is 48.4 Å². The molecule has 194 valence electrons. The van der Waals surface area contributed by atoms with Crippen molar-refractivity contribution in [3.63, 3.8) is 0 Å². The van der Waals surface area contributed by atoms with Gasteiger partial charge in [-0.3, -0.25) is 4.79 Å². The van der Waals surface area contributed by atoms with Crippen LogP contribution >= 0.6 is 0 Å². The SMILES string of the molecule is CC(C)(C)c1cccc(C(=O)NC(CCN2CCC(CCc3ccc4c(n3)NCCC4)C2)C(=O)O)c1. The summed E-state index contributed by atoms with van der Waals surface area (Å²) in [5.74, 6) is 0.325. The zero-order valence-electron chi connectivity index (χ0n) is 21.8. The van der Waals surface area contributed by atoms with Crippen LogP contribution in [-0.2, 0) is 23.1 Å². The number of aliphatic carboxylic acids is 1. The Morgan fingerprint density at radius 1 is 1.25 bits per heavy atom. The molecule has 1 aromatic heterocycles. The number of hydrogen-bond donors (Lipinski definition) is 3. The minimum Gasteiger partial charge on any atom is -0.480 e. The lowest BCUT2D eigenvalue weighted by Gasteiger charge is -2.21. The molecule has 4 rings (SSSR count). The third kappa shape index (κ3) is 6.84. The number of aromatic nitrogens is 1. The molecular weight excluding hydrogens is 452 g/mol. The summed E-state index contributed by atoms with van der Waals surface area (Å²) in [6.45, 7) is 9.88. The number of fused-ring (bicyclic) bond motifs is 1. The molecule has 1 saturated heterocycles. The van der Waals surface area contributed by atoms with Crippen LogP contribution in [0, 0.1) is 5.92 Å². The molecule has 2 aliphatic heterocycles. The summed E-state index contributed by atoms with van der Waals surface area (Å²) in [6, 6.07) is 10.9. The first-order chi connectivity index (χ1) is 17.2. The molecule has 0 saturated carbocycles. The third-order valence-electron chi connectivity index (χ3n) is 7.46. The van der Waals surface area contributed by atoms with Crippen molar-refractivity contribution >= 4 is 17.7 Å². The molecule has 7 heteroatoms. The maximum absolute atomic E-state index is 12.8. The molecule has 7 nitrogen and oxygen atoms in total. The van der Waals surface area contributed by atoms with E-state index in [0.29, 0.717) is 24.4 Å². The fourth-order valence-corrected chi connectivity index (χ4v) is 5.15. The van der Waals surface area contributed by atoms with Gasteiger partial charge in [0, 0.05) is 30.9 Å². The second-order valence-electron chi connectivity index (χ2n) is 11.3. The van der Waals surface area contributed by atoms with Crippen LogP contribution < -0.4 is 10.6 Å². The van der Waals surface area contributed by atoms with Gasteiger partial charge < -0.3 is 20.6 Å². The number of nitrogens with zero attached hydrogens (tertiary/aromatic N) is 2. The summed E-state index contributed by atoms with van der Waals surface area (Å²) in [6.07, 6.45) is 5.84. The quantitative estimate of drug-likeness (QED) is 0.484. The van der Waals surface area contributed by atoms with E-state index < -0.39 is 12.0 Å². The van der Waals surface area contributed by atoms with E-state index in [1.165, 1.54) is 12.0 Å². The van der Waals surface area contributed by atoms with Crippen molar-refractivity contribution in [3.8, 4) is 0 Å². The molecule has 2 aliphatic rings. The van der Waals surface area contributed by atoms with Crippen LogP contribution in [0.1, 0.15) is 73.6 Å². The van der Waals surface area contributed by atoms with Gasteiger partial charge in [0.25, 0.3) is 5.91 Å². The van der Waals surface area contributed by atoms with E-state index in [1.54, 1.807) is 6.07 Å². The molecule has 2 unspecified atom stereocenters. The monoisotopic (exact) mass is 492 g/mol. The molecule has 3 N–H and O–H groups in total. The van der Waals surface area contributed by atoms with E-state index >= 15 is 0 Å². The minimum atomic E-state index is -0.988. The van der Waals surface area contributed by atoms with E-state index in [-0.39, 0.29) is 11.3 Å². The molecule has 36 heavy (non-hydrogen) atoms. The maximum Gasteiger partial charge on any atom is 0.326 e. The number of carbonyl (C=O) groups excluding carboxylic acids is 1. The van der Waals surface area contributed by atoms with Crippen molar-refractivity contribution in [3.05, 3.63) is 58.8 Å². The van der Waals surface area contributed by atoms with Gasteiger partial charge in [-0.25, -0.2) is 9.78 Å². The number of carboxylic acids is 1. The van der Waals surface area contributed by atoms with Gasteiger partial charge in [-0.2, -0.15) is 0 Å². The van der Waals surface area contributed by atoms with Crippen LogP contribution in [0.3, 0.4) is 0 Å². The Morgan fingerprint density at radius 2 is 2.08 bits per heavy atom. The lowest BCUT2D eigenvalue weighted by molar-refractivity contribution is -0.139. The van der Waals surface area contributed by atoms with E-state index in [1.807, 2.05) is 18.2 Å². The molecular formula is C29H40N4O3. The van der Waals surface area contributed by atoms with Crippen molar-refractivity contribution in [2.24, 2.45) is 5.92 Å². The van der Waals surface area contributed by atoms with E-state index in [9.17, 15) is 14.7 Å². The number of anilines is 1. The average Bonchev–Trinajstić information content (AvgIpc) is 3.32. The Bertz CT molecular complexity index is 1080. The number of carboxylic acid groups (broad SMARTS) is 1. The summed E-state index contributed by atoms with van der Waals surface area (Å²) >= 11 is 0. The zero-order valence-corrected chi connectivity index (χ0v) is 21.8. The normalized spacial score (nSPS) is 18.8. The Balaban J connectivity index is 1.24. The molecule has 1 amide bonds. The van der Waals surface area contributed by atoms with Crippen molar-refractivity contribution in [2.45, 2.75) is 70.8 Å². The summed E-state index contributed by atoms with van der Waals surface area (Å²) < 4.78 is 0. The van der Waals surface area contributed by atoms with Crippen LogP contribution in [0.2, 0.25) is 0 Å². The molecule has 1 aromatic carbocycles. The maximum atomic E-state index is 12.8. The van der Waals surface area contributed by atoms with Crippen LogP contribution in [0.25, 0.3) is 0 Å². The zero-order chi connectivity index (χ0) is 25.7. The fraction of sp³-hybridized carbons (Fsp3) is 0.552. The molecule has 1 fully saturated rings. The summed E-state index contributed by atoms with van der Waals surface area (Å²) in [5.41, 5.74) is 3.93. The van der Waals surface area contributed by atoms with Crippen LogP contribution in [-0.4, -0.2) is 59.1 Å². The van der Waals surface area contributed by atoms with Gasteiger partial charge >= 0.3 is 5.97 Å². The van der Waals surface area contributed by atoms with Gasteiger partial charge in [0.2, 0.25) is 0 Å². The minimum absolute atomic E-state index is 0.0817. The Hall–Kier alpha value is -2.93. The number of hydrogen-bond acceptors (Lipinski definition) is 5. The Morgan fingerprint density at radius 3 is 2.86 bits per heavy atom. The van der Waals surface area contributed by atoms with Crippen LogP contribution in [0.15, 0.2) is 36.4 Å². The predicted octanol–water partition coefficient (Wildman–Crippen LogP) is 4.27. The average molecular weight is 493 g/mol. The van der Waals surface area contributed by atoms with Gasteiger partial charge in [-0.05, 0) is 85.7 Å². The lowest BCUT2D eigenvalue weighted by Crippen LogP contribution is -2.43. The van der Waals surface area contributed by atoms with Crippen LogP contribution in [0.5, 0.6) is 0 Å². The molecule has 2 aromatic rings. The van der Waals surface area contributed by atoms with E-state index in [4.69, 9.17) is 4.98 Å². The number of benzene rings is 1. The first-order valence-electron chi connectivity index (χ1n) is 13.3. The number of carbonyl (C=O) groups is 2. The summed E-state index contributed by atoms with van der Waals surface area (Å²) in [4.78, 5) is 31.8. The topological polar surface area (TPSA) is 94.6 Å². The smallest absolute Gasteiger partial charge is 0.326 e. The number of likely N-dealkylation sites (tertiary alicyclic amines) is 1. The largest absolute Gasteiger partial charge is 0.480 e. The first-order valence-corrected chi connectivity index (χ1v) is 13.3. The predicted molar refractivity (Wildman–Crippen MR) is 143 cm³/mol. The highest BCUT2D eigenvalue weighted by atomic mass is 16.4. The van der Waals surface area contributed by atoms with Gasteiger partial charge in [0.05, 0.1) is 0 Å². The molecule has 0 aliphatic carbocycles. The second-order valence-corrected chi connectivity index (χ2v) is 11.3. The highest BCUT2D eigenvalue weighted by Gasteiger charge is 2.26. The molecule has 0 bridgehead atoms. The van der Waals surface area contributed by atoms with Crippen molar-refractivity contribution < 1.29 is 14.7 Å². The first kappa shape index (κ1) is 26.1. The Kier molecular flexibility index (Phi) is 8.29. The number of nitrogens with one attached hydrogen (secondary N) is 2. The number of pyridine rings is 1. The van der Waals surface area contributed by atoms with Gasteiger partial charge in [-0.1, -0.05) is 39.0 Å². The van der Waals surface area contributed by atoms with Crippen molar-refractivity contribution in [1.29, 1.82) is 0 Å². The van der Waals surface area contributed by atoms with E-state index in [0.717, 1.165) is 62.4 Å². The molecule has 3 heterocycles. The lowest BCUT2D eigenvalue weighted by atomic mass is 9.86. The highest BCUT2D eigenvalue weighted by molar-refractivity contribution is 5.96. The Labute approximate surface area is 214 Å². The van der Waals surface area contributed by atoms with Gasteiger partial charge in [-0.15, -0.1) is 0 Å². The second kappa shape index (κ2) is 11.4. The number of aryl methyl sites for hydroxylation is 2. The van der Waals surface area contributed by atoms with Gasteiger partial charge in [0.1, 0.15) is 11.9 Å². The van der Waals surface area contributed by atoms with Gasteiger partial charge in [0.15, 0.2) is 0 Å². The number of amides is 1. The third-order valence-corrected chi connectivity index (χ3v) is 7.46. The number of rotatable bonds is 9. The molecule has 0 radical (unpaired) electrons. The standard InChI is InChI=1S/C29H40N4O3/c1-29(2,3)23-8-4-6-22(18-23)27(34)32-25(28(35)36)14-17-33-16-13-20(19-33)9-11-24-12-10-21-7-5-15-30-26(21)31-24/h4,6,8,10,12,18,20,25H,5,7,9,11,13-17,19H2,1-3H3,(H,30,31)(H,32,34)(H,35,36). The molecule has 0 spiro atoms. The highest BCUT2D eigenvalue weighted by Crippen LogP contribution is 2.25.